The van der Waals surface area contributed by atoms with Crippen molar-refractivity contribution in [3.63, 3.8) is 0 Å². The highest BCUT2D eigenvalue weighted by atomic mass is 32.2. The summed E-state index contributed by atoms with van der Waals surface area (Å²) in [5, 5.41) is -0.0562. The lowest BCUT2D eigenvalue weighted by Crippen LogP contribution is -2.37. The number of imidazole rings is 1. The molecule has 2 aromatic rings. The van der Waals surface area contributed by atoms with Gasteiger partial charge in [0, 0.05) is 45.0 Å². The van der Waals surface area contributed by atoms with Crippen LogP contribution in [0.25, 0.3) is 0 Å². The number of hydrogen-bond donors (Lipinski definition) is 0. The molecule has 1 aliphatic rings. The van der Waals surface area contributed by atoms with E-state index in [4.69, 9.17) is 0 Å². The molecule has 0 radical (unpaired) electrons. The van der Waals surface area contributed by atoms with Gasteiger partial charge < -0.3 is 14.2 Å². The van der Waals surface area contributed by atoms with Crippen LogP contribution in [0, 0.1) is 6.92 Å². The summed E-state index contributed by atoms with van der Waals surface area (Å²) in [5.41, 5.74) is 0.0356. The van der Waals surface area contributed by atoms with E-state index in [0.717, 1.165) is 12.1 Å². The van der Waals surface area contributed by atoms with Crippen molar-refractivity contribution in [1.29, 1.82) is 0 Å². The van der Waals surface area contributed by atoms with Gasteiger partial charge in [-0.15, -0.1) is 13.2 Å². The zero-order valence-corrected chi connectivity index (χ0v) is 17.2. The fourth-order valence-electron chi connectivity index (χ4n) is 3.13. The molecule has 1 aromatic carbocycles. The minimum Gasteiger partial charge on any atom is -0.406 e. The summed E-state index contributed by atoms with van der Waals surface area (Å²) < 4.78 is 69.7. The Morgan fingerprint density at radius 2 is 1.90 bits per heavy atom. The number of benzene rings is 1. The maximum absolute atomic E-state index is 12.9. The molecule has 30 heavy (non-hydrogen) atoms. The van der Waals surface area contributed by atoms with Crippen LogP contribution in [0.5, 0.6) is 5.75 Å². The predicted molar refractivity (Wildman–Crippen MR) is 100 cm³/mol. The monoisotopic (exact) mass is 446 g/mol. The largest absolute Gasteiger partial charge is 0.573 e. The lowest BCUT2D eigenvalue weighted by Gasteiger charge is -2.21. The SMILES string of the molecule is Cc1nc(S(=O)(=O)N2CCCN(C(=O)c3cccc(OC(F)(F)F)c3)CC2)cn1C. The molecular weight excluding hydrogens is 425 g/mol. The second kappa shape index (κ2) is 8.26. The first-order valence-corrected chi connectivity index (χ1v) is 10.6. The third-order valence-electron chi connectivity index (χ3n) is 4.75. The predicted octanol–water partition coefficient (Wildman–Crippen LogP) is 2.16. The molecule has 0 unspecified atom stereocenters. The van der Waals surface area contributed by atoms with Crippen LogP contribution in [0.2, 0.25) is 0 Å². The number of alkyl halides is 3. The molecule has 0 spiro atoms. The average Bonchev–Trinajstić information content (AvgIpc) is 2.86. The van der Waals surface area contributed by atoms with E-state index in [1.807, 2.05) is 0 Å². The molecular formula is C18H21F3N4O4S. The fraction of sp³-hybridized carbons (Fsp3) is 0.444. The smallest absolute Gasteiger partial charge is 0.406 e. The van der Waals surface area contributed by atoms with E-state index in [-0.39, 0.29) is 36.8 Å². The summed E-state index contributed by atoms with van der Waals surface area (Å²) in [6.07, 6.45) is -3.04. The van der Waals surface area contributed by atoms with E-state index in [1.165, 1.54) is 27.5 Å². The molecule has 1 amide bonds. The molecule has 12 heteroatoms. The van der Waals surface area contributed by atoms with Crippen LogP contribution < -0.4 is 4.74 Å². The molecule has 2 heterocycles. The summed E-state index contributed by atoms with van der Waals surface area (Å²) in [4.78, 5) is 18.2. The molecule has 0 atom stereocenters. The molecule has 0 N–H and O–H groups in total. The Balaban J connectivity index is 1.72. The highest BCUT2D eigenvalue weighted by molar-refractivity contribution is 7.89. The Kier molecular flexibility index (Phi) is 6.09. The zero-order chi connectivity index (χ0) is 22.1. The summed E-state index contributed by atoms with van der Waals surface area (Å²) in [6, 6.07) is 4.82. The standard InChI is InChI=1S/C18H21F3N4O4S/c1-13-22-16(12-23(13)2)30(27,28)25-8-4-7-24(9-10-25)17(26)14-5-3-6-15(11-14)29-18(19,20)21/h3,5-6,11-12H,4,7-10H2,1-2H3. The number of aromatic nitrogens is 2. The lowest BCUT2D eigenvalue weighted by molar-refractivity contribution is -0.274. The van der Waals surface area contributed by atoms with Crippen LogP contribution in [0.3, 0.4) is 0 Å². The first-order chi connectivity index (χ1) is 14.0. The molecule has 1 saturated heterocycles. The van der Waals surface area contributed by atoms with Crippen molar-refractivity contribution in [1.82, 2.24) is 18.8 Å². The van der Waals surface area contributed by atoms with Crippen LogP contribution in [0.4, 0.5) is 13.2 Å². The van der Waals surface area contributed by atoms with E-state index in [1.54, 1.807) is 18.5 Å². The van der Waals surface area contributed by atoms with E-state index in [9.17, 15) is 26.4 Å². The third-order valence-corrected chi connectivity index (χ3v) is 6.52. The maximum Gasteiger partial charge on any atom is 0.573 e. The van der Waals surface area contributed by atoms with Crippen molar-refractivity contribution in [2.45, 2.75) is 24.7 Å². The second-order valence-electron chi connectivity index (χ2n) is 6.86. The number of carbonyl (C=O) groups excluding carboxylic acids is 1. The Hall–Kier alpha value is -2.60. The molecule has 0 aliphatic carbocycles. The Morgan fingerprint density at radius 3 is 2.53 bits per heavy atom. The number of aryl methyl sites for hydroxylation is 2. The summed E-state index contributed by atoms with van der Waals surface area (Å²) >= 11 is 0. The van der Waals surface area contributed by atoms with E-state index < -0.39 is 28.0 Å². The van der Waals surface area contributed by atoms with Crippen molar-refractivity contribution in [3.8, 4) is 5.75 Å². The number of carbonyl (C=O) groups is 1. The van der Waals surface area contributed by atoms with Gasteiger partial charge in [0.2, 0.25) is 0 Å². The van der Waals surface area contributed by atoms with Crippen LogP contribution in [-0.2, 0) is 17.1 Å². The highest BCUT2D eigenvalue weighted by Crippen LogP contribution is 2.24. The molecule has 1 aromatic heterocycles. The van der Waals surface area contributed by atoms with Gasteiger partial charge in [-0.25, -0.2) is 13.4 Å². The van der Waals surface area contributed by atoms with Gasteiger partial charge in [0.05, 0.1) is 0 Å². The number of hydrogen-bond acceptors (Lipinski definition) is 5. The maximum atomic E-state index is 12.9. The number of rotatable bonds is 4. The quantitative estimate of drug-likeness (QED) is 0.719. The fourth-order valence-corrected chi connectivity index (χ4v) is 4.62. The van der Waals surface area contributed by atoms with Gasteiger partial charge in [-0.1, -0.05) is 6.07 Å². The normalized spacial score (nSPS) is 16.4. The number of halogens is 3. The van der Waals surface area contributed by atoms with Gasteiger partial charge in [-0.05, 0) is 31.5 Å². The molecule has 3 rings (SSSR count). The van der Waals surface area contributed by atoms with Crippen molar-refractivity contribution in [2.24, 2.45) is 7.05 Å². The first-order valence-electron chi connectivity index (χ1n) is 9.12. The molecule has 0 saturated carbocycles. The van der Waals surface area contributed by atoms with Gasteiger partial charge in [-0.2, -0.15) is 4.31 Å². The highest BCUT2D eigenvalue weighted by Gasteiger charge is 2.32. The Morgan fingerprint density at radius 1 is 1.17 bits per heavy atom. The van der Waals surface area contributed by atoms with Crippen molar-refractivity contribution in [2.75, 3.05) is 26.2 Å². The number of ether oxygens (including phenoxy) is 1. The van der Waals surface area contributed by atoms with E-state index in [0.29, 0.717) is 12.2 Å². The van der Waals surface area contributed by atoms with Gasteiger partial charge >= 0.3 is 6.36 Å². The van der Waals surface area contributed by atoms with Crippen LogP contribution >= 0.6 is 0 Å². The first kappa shape index (κ1) is 22.1. The molecule has 8 nitrogen and oxygen atoms in total. The number of amides is 1. The summed E-state index contributed by atoms with van der Waals surface area (Å²) in [5.74, 6) is -0.422. The Labute approximate surface area is 171 Å². The number of sulfonamides is 1. The Bertz CT molecular complexity index is 1020. The van der Waals surface area contributed by atoms with Gasteiger partial charge in [0.25, 0.3) is 15.9 Å². The summed E-state index contributed by atoms with van der Waals surface area (Å²) in [6.45, 7) is 2.34. The topological polar surface area (TPSA) is 84.7 Å². The lowest BCUT2D eigenvalue weighted by atomic mass is 10.2. The van der Waals surface area contributed by atoms with E-state index >= 15 is 0 Å². The van der Waals surface area contributed by atoms with Crippen LogP contribution in [0.15, 0.2) is 35.5 Å². The van der Waals surface area contributed by atoms with Gasteiger partial charge in [0.1, 0.15) is 11.6 Å². The minimum absolute atomic E-state index is 0.0356. The van der Waals surface area contributed by atoms with Crippen molar-refractivity contribution in [3.05, 3.63) is 41.9 Å². The second-order valence-corrected chi connectivity index (χ2v) is 8.75. The van der Waals surface area contributed by atoms with Gasteiger partial charge in [-0.3, -0.25) is 4.79 Å². The molecule has 164 valence electrons. The molecule has 1 fully saturated rings. The third kappa shape index (κ3) is 4.93. The average molecular weight is 446 g/mol. The van der Waals surface area contributed by atoms with Crippen LogP contribution in [-0.4, -0.2) is 65.6 Å². The van der Waals surface area contributed by atoms with Crippen molar-refractivity contribution < 1.29 is 31.1 Å². The van der Waals surface area contributed by atoms with Gasteiger partial charge in [0.15, 0.2) is 5.03 Å². The molecule has 1 aliphatic heterocycles. The van der Waals surface area contributed by atoms with Crippen molar-refractivity contribution >= 4 is 15.9 Å². The summed E-state index contributed by atoms with van der Waals surface area (Å²) in [7, 11) is -2.11. The van der Waals surface area contributed by atoms with Crippen LogP contribution in [0.1, 0.15) is 22.6 Å². The zero-order valence-electron chi connectivity index (χ0n) is 16.4. The van der Waals surface area contributed by atoms with E-state index in [2.05, 4.69) is 9.72 Å². The number of nitrogens with zero attached hydrogens (tertiary/aromatic N) is 4. The minimum atomic E-state index is -4.86. The molecule has 0 bridgehead atoms.